The zero-order valence-corrected chi connectivity index (χ0v) is 9.43. The van der Waals surface area contributed by atoms with Crippen molar-refractivity contribution >= 4 is 21.9 Å². The summed E-state index contributed by atoms with van der Waals surface area (Å²) in [5.41, 5.74) is 6.53. The lowest BCUT2D eigenvalue weighted by Crippen LogP contribution is -2.02. The van der Waals surface area contributed by atoms with E-state index in [0.717, 1.165) is 18.5 Å². The van der Waals surface area contributed by atoms with E-state index in [1.165, 1.54) is 7.11 Å². The van der Waals surface area contributed by atoms with Crippen LogP contribution in [0, 0.1) is 0 Å². The molecule has 0 aliphatic heterocycles. The number of halogens is 1. The highest BCUT2D eigenvalue weighted by Crippen LogP contribution is 2.20. The number of carbonyl (C=O) groups is 1. The molecule has 0 aliphatic carbocycles. The number of nitrogens with one attached hydrogen (secondary N) is 1. The molecule has 6 heteroatoms. The number of hydrogen-bond acceptors (Lipinski definition) is 4. The van der Waals surface area contributed by atoms with Crippen molar-refractivity contribution in [2.45, 2.75) is 12.8 Å². The number of ether oxygens (including phenoxy) is 1. The third-order valence-corrected chi connectivity index (χ3v) is 2.64. The van der Waals surface area contributed by atoms with Crippen molar-refractivity contribution in [1.82, 2.24) is 10.2 Å². The second-order valence-corrected chi connectivity index (χ2v) is 3.54. The SMILES string of the molecule is COC(=O)c1n[nH]c(CCCN)c1Br. The van der Waals surface area contributed by atoms with Gasteiger partial charge in [-0.3, -0.25) is 5.10 Å². The lowest BCUT2D eigenvalue weighted by Gasteiger charge is -1.96. The predicted molar refractivity (Wildman–Crippen MR) is 55.0 cm³/mol. The van der Waals surface area contributed by atoms with Crippen LogP contribution in [0.15, 0.2) is 4.47 Å². The van der Waals surface area contributed by atoms with Gasteiger partial charge in [0.15, 0.2) is 5.69 Å². The van der Waals surface area contributed by atoms with Crippen molar-refractivity contribution < 1.29 is 9.53 Å². The molecule has 14 heavy (non-hydrogen) atoms. The summed E-state index contributed by atoms with van der Waals surface area (Å²) < 4.78 is 5.22. The van der Waals surface area contributed by atoms with Gasteiger partial charge in [0, 0.05) is 0 Å². The summed E-state index contributed by atoms with van der Waals surface area (Å²) in [5.74, 6) is -0.452. The molecule has 0 spiro atoms. The van der Waals surface area contributed by atoms with E-state index in [4.69, 9.17) is 5.73 Å². The molecular formula is C8H12BrN3O2. The number of hydrogen-bond donors (Lipinski definition) is 2. The lowest BCUT2D eigenvalue weighted by molar-refractivity contribution is 0.0593. The zero-order chi connectivity index (χ0) is 10.6. The van der Waals surface area contributed by atoms with Gasteiger partial charge in [0.05, 0.1) is 17.3 Å². The van der Waals surface area contributed by atoms with Gasteiger partial charge in [0.2, 0.25) is 0 Å². The topological polar surface area (TPSA) is 81.0 Å². The molecule has 1 rings (SSSR count). The van der Waals surface area contributed by atoms with E-state index in [-0.39, 0.29) is 5.69 Å². The van der Waals surface area contributed by atoms with Gasteiger partial charge in [0.25, 0.3) is 0 Å². The predicted octanol–water partition coefficient (Wildman–Crippen LogP) is 0.850. The molecule has 0 radical (unpaired) electrons. The highest BCUT2D eigenvalue weighted by atomic mass is 79.9. The van der Waals surface area contributed by atoms with E-state index in [1.807, 2.05) is 0 Å². The molecule has 0 aliphatic rings. The van der Waals surface area contributed by atoms with Gasteiger partial charge >= 0.3 is 5.97 Å². The van der Waals surface area contributed by atoms with Crippen molar-refractivity contribution in [3.05, 3.63) is 15.9 Å². The number of carbonyl (C=O) groups excluding carboxylic acids is 1. The Hall–Kier alpha value is -0.880. The number of methoxy groups -OCH3 is 1. The highest BCUT2D eigenvalue weighted by Gasteiger charge is 2.17. The fraction of sp³-hybridized carbons (Fsp3) is 0.500. The first-order chi connectivity index (χ1) is 6.70. The second-order valence-electron chi connectivity index (χ2n) is 2.75. The molecule has 0 unspecified atom stereocenters. The third kappa shape index (κ3) is 2.33. The van der Waals surface area contributed by atoms with E-state index in [2.05, 4.69) is 30.9 Å². The number of aryl methyl sites for hydroxylation is 1. The quantitative estimate of drug-likeness (QED) is 0.788. The van der Waals surface area contributed by atoms with Crippen LogP contribution in [0.3, 0.4) is 0 Å². The minimum atomic E-state index is -0.452. The molecule has 0 atom stereocenters. The van der Waals surface area contributed by atoms with Gasteiger partial charge in [-0.1, -0.05) is 0 Å². The molecule has 0 bridgehead atoms. The number of rotatable bonds is 4. The van der Waals surface area contributed by atoms with Crippen molar-refractivity contribution in [3.63, 3.8) is 0 Å². The number of aromatic nitrogens is 2. The first kappa shape index (κ1) is 11.2. The first-order valence-corrected chi connectivity index (χ1v) is 5.01. The Morgan fingerprint density at radius 3 is 3.00 bits per heavy atom. The molecule has 0 saturated carbocycles. The summed E-state index contributed by atoms with van der Waals surface area (Å²) in [6.45, 7) is 0.610. The molecular weight excluding hydrogens is 250 g/mol. The van der Waals surface area contributed by atoms with Crippen molar-refractivity contribution in [1.29, 1.82) is 0 Å². The normalized spacial score (nSPS) is 10.2. The van der Waals surface area contributed by atoms with Crippen molar-refractivity contribution in [2.24, 2.45) is 5.73 Å². The Kier molecular flexibility index (Phi) is 4.09. The van der Waals surface area contributed by atoms with Crippen molar-refractivity contribution in [3.8, 4) is 0 Å². The van der Waals surface area contributed by atoms with Crippen molar-refractivity contribution in [2.75, 3.05) is 13.7 Å². The van der Waals surface area contributed by atoms with E-state index < -0.39 is 5.97 Å². The molecule has 5 nitrogen and oxygen atoms in total. The summed E-state index contributed by atoms with van der Waals surface area (Å²) >= 11 is 3.29. The van der Waals surface area contributed by atoms with E-state index in [0.29, 0.717) is 11.0 Å². The van der Waals surface area contributed by atoms with Gasteiger partial charge in [-0.25, -0.2) is 4.79 Å². The standard InChI is InChI=1S/C8H12BrN3O2/c1-14-8(13)7-6(9)5(11-12-7)3-2-4-10/h2-4,10H2,1H3,(H,11,12). The lowest BCUT2D eigenvalue weighted by atomic mass is 10.2. The van der Waals surface area contributed by atoms with E-state index in [1.54, 1.807) is 0 Å². The molecule has 1 aromatic rings. The molecule has 0 fully saturated rings. The molecule has 1 aromatic heterocycles. The van der Waals surface area contributed by atoms with Crippen LogP contribution in [0.1, 0.15) is 22.6 Å². The van der Waals surface area contributed by atoms with Crippen LogP contribution >= 0.6 is 15.9 Å². The average molecular weight is 262 g/mol. The Labute approximate surface area is 90.1 Å². The number of H-pyrrole nitrogens is 1. The van der Waals surface area contributed by atoms with Crippen LogP contribution < -0.4 is 5.73 Å². The summed E-state index contributed by atoms with van der Waals surface area (Å²) in [7, 11) is 1.32. The molecule has 3 N–H and O–H groups in total. The number of aromatic amines is 1. The first-order valence-electron chi connectivity index (χ1n) is 4.21. The summed E-state index contributed by atoms with van der Waals surface area (Å²) in [5, 5.41) is 6.62. The fourth-order valence-electron chi connectivity index (χ4n) is 1.04. The summed E-state index contributed by atoms with van der Waals surface area (Å²) in [6.07, 6.45) is 1.61. The maximum Gasteiger partial charge on any atom is 0.359 e. The Bertz CT molecular complexity index is 324. The van der Waals surface area contributed by atoms with Gasteiger partial charge < -0.3 is 10.5 Å². The van der Waals surface area contributed by atoms with Crippen LogP contribution in [-0.2, 0) is 11.2 Å². The number of nitrogens with zero attached hydrogens (tertiary/aromatic N) is 1. The Morgan fingerprint density at radius 1 is 1.71 bits per heavy atom. The molecule has 0 amide bonds. The molecule has 1 heterocycles. The van der Waals surface area contributed by atoms with Gasteiger partial charge in [-0.05, 0) is 35.3 Å². The molecule has 0 saturated heterocycles. The third-order valence-electron chi connectivity index (χ3n) is 1.79. The van der Waals surface area contributed by atoms with E-state index in [9.17, 15) is 4.79 Å². The van der Waals surface area contributed by atoms with Gasteiger partial charge in [-0.15, -0.1) is 0 Å². The average Bonchev–Trinajstić information content (AvgIpc) is 2.56. The van der Waals surface area contributed by atoms with Crippen LogP contribution in [0.25, 0.3) is 0 Å². The summed E-state index contributed by atoms with van der Waals surface area (Å²) in [6, 6.07) is 0. The van der Waals surface area contributed by atoms with Crippen LogP contribution in [0.4, 0.5) is 0 Å². The van der Waals surface area contributed by atoms with Gasteiger partial charge in [0.1, 0.15) is 0 Å². The highest BCUT2D eigenvalue weighted by molar-refractivity contribution is 9.10. The smallest absolute Gasteiger partial charge is 0.359 e. The fourth-order valence-corrected chi connectivity index (χ4v) is 1.58. The minimum Gasteiger partial charge on any atom is -0.464 e. The second kappa shape index (κ2) is 5.11. The number of esters is 1. The Balaban J connectivity index is 2.80. The minimum absolute atomic E-state index is 0.277. The monoisotopic (exact) mass is 261 g/mol. The van der Waals surface area contributed by atoms with Crippen LogP contribution in [0.2, 0.25) is 0 Å². The molecule has 78 valence electrons. The van der Waals surface area contributed by atoms with Crippen LogP contribution in [-0.4, -0.2) is 29.8 Å². The van der Waals surface area contributed by atoms with Gasteiger partial charge in [-0.2, -0.15) is 5.10 Å². The van der Waals surface area contributed by atoms with Crippen LogP contribution in [0.5, 0.6) is 0 Å². The Morgan fingerprint density at radius 2 is 2.43 bits per heavy atom. The summed E-state index contributed by atoms with van der Waals surface area (Å²) in [4.78, 5) is 11.2. The van der Waals surface area contributed by atoms with E-state index >= 15 is 0 Å². The zero-order valence-electron chi connectivity index (χ0n) is 7.84. The maximum absolute atomic E-state index is 11.2. The maximum atomic E-state index is 11.2. The molecule has 0 aromatic carbocycles. The number of nitrogens with two attached hydrogens (primary N) is 1. The largest absolute Gasteiger partial charge is 0.464 e.